The van der Waals surface area contributed by atoms with E-state index in [1.807, 2.05) is 24.3 Å². The lowest BCUT2D eigenvalue weighted by Gasteiger charge is -2.11. The third-order valence-electron chi connectivity index (χ3n) is 3.16. The molecule has 110 valence electrons. The van der Waals surface area contributed by atoms with Crippen molar-refractivity contribution in [1.29, 1.82) is 0 Å². The molecule has 0 bridgehead atoms. The van der Waals surface area contributed by atoms with E-state index < -0.39 is 11.7 Å². The van der Waals surface area contributed by atoms with Gasteiger partial charge in [-0.05, 0) is 24.1 Å². The van der Waals surface area contributed by atoms with Crippen LogP contribution >= 0.6 is 0 Å². The molecule has 1 aromatic carbocycles. The number of benzene rings is 1. The Morgan fingerprint density at radius 3 is 2.76 bits per heavy atom. The first kappa shape index (κ1) is 15.0. The summed E-state index contributed by atoms with van der Waals surface area (Å²) >= 11 is 0. The summed E-state index contributed by atoms with van der Waals surface area (Å²) in [5, 5.41) is 5.39. The number of aryl methyl sites for hydroxylation is 1. The second-order valence-corrected chi connectivity index (χ2v) is 4.63. The van der Waals surface area contributed by atoms with E-state index in [1.165, 1.54) is 12.3 Å². The highest BCUT2D eigenvalue weighted by Crippen LogP contribution is 2.20. The molecule has 0 saturated carbocycles. The van der Waals surface area contributed by atoms with Crippen molar-refractivity contribution >= 4 is 17.4 Å². The zero-order valence-corrected chi connectivity index (χ0v) is 12.1. The smallest absolute Gasteiger partial charge is 0.258 e. The minimum Gasteiger partial charge on any atom is -0.371 e. The van der Waals surface area contributed by atoms with Gasteiger partial charge in [0.15, 0.2) is 11.6 Å². The maximum atomic E-state index is 14.1. The fourth-order valence-electron chi connectivity index (χ4n) is 2.11. The monoisotopic (exact) mass is 287 g/mol. The molecule has 1 heterocycles. The van der Waals surface area contributed by atoms with Gasteiger partial charge in [-0.25, -0.2) is 9.37 Å². The number of nitrogens with one attached hydrogen (secondary N) is 2. The van der Waals surface area contributed by atoms with Gasteiger partial charge in [0, 0.05) is 18.9 Å². The second-order valence-electron chi connectivity index (χ2n) is 4.63. The van der Waals surface area contributed by atoms with Crippen LogP contribution in [0.3, 0.4) is 0 Å². The number of para-hydroxylation sites is 1. The zero-order valence-electron chi connectivity index (χ0n) is 12.1. The number of carbonyl (C=O) groups is 1. The number of hydrogen-bond donors (Lipinski definition) is 2. The van der Waals surface area contributed by atoms with E-state index in [4.69, 9.17) is 0 Å². The van der Waals surface area contributed by atoms with E-state index in [0.717, 1.165) is 18.4 Å². The van der Waals surface area contributed by atoms with Crippen LogP contribution in [0.5, 0.6) is 0 Å². The van der Waals surface area contributed by atoms with Crippen molar-refractivity contribution in [1.82, 2.24) is 4.98 Å². The van der Waals surface area contributed by atoms with Gasteiger partial charge < -0.3 is 10.6 Å². The van der Waals surface area contributed by atoms with Crippen molar-refractivity contribution in [3.05, 3.63) is 53.5 Å². The SMILES string of the molecule is CCCc1ccccc1NC(=O)c1ccnc(NC)c1F. The number of aromatic nitrogens is 1. The molecule has 2 rings (SSSR count). The number of anilines is 2. The van der Waals surface area contributed by atoms with Crippen LogP contribution in [0.15, 0.2) is 36.5 Å². The van der Waals surface area contributed by atoms with Crippen LogP contribution in [0, 0.1) is 5.82 Å². The topological polar surface area (TPSA) is 54.0 Å². The van der Waals surface area contributed by atoms with Crippen molar-refractivity contribution in [2.75, 3.05) is 17.7 Å². The Kier molecular flexibility index (Phi) is 4.87. The molecule has 0 radical (unpaired) electrons. The summed E-state index contributed by atoms with van der Waals surface area (Å²) in [6, 6.07) is 8.92. The Labute approximate surface area is 123 Å². The van der Waals surface area contributed by atoms with E-state index in [1.54, 1.807) is 7.05 Å². The third-order valence-corrected chi connectivity index (χ3v) is 3.16. The molecule has 2 aromatic rings. The van der Waals surface area contributed by atoms with Gasteiger partial charge in [-0.3, -0.25) is 4.79 Å². The van der Waals surface area contributed by atoms with Crippen LogP contribution in [0.1, 0.15) is 29.3 Å². The van der Waals surface area contributed by atoms with Gasteiger partial charge in [-0.1, -0.05) is 31.5 Å². The number of rotatable bonds is 5. The van der Waals surface area contributed by atoms with Crippen molar-refractivity contribution in [2.24, 2.45) is 0 Å². The van der Waals surface area contributed by atoms with Gasteiger partial charge in [-0.15, -0.1) is 0 Å². The lowest BCUT2D eigenvalue weighted by Crippen LogP contribution is -2.16. The lowest BCUT2D eigenvalue weighted by atomic mass is 10.1. The Hall–Kier alpha value is -2.43. The zero-order chi connectivity index (χ0) is 15.2. The number of nitrogens with zero attached hydrogens (tertiary/aromatic N) is 1. The molecule has 0 saturated heterocycles. The van der Waals surface area contributed by atoms with Crippen LogP contribution in [0.25, 0.3) is 0 Å². The second kappa shape index (κ2) is 6.83. The Bertz CT molecular complexity index is 643. The quantitative estimate of drug-likeness (QED) is 0.885. The van der Waals surface area contributed by atoms with E-state index >= 15 is 0 Å². The summed E-state index contributed by atoms with van der Waals surface area (Å²) in [6.07, 6.45) is 3.24. The highest BCUT2D eigenvalue weighted by molar-refractivity contribution is 6.05. The maximum Gasteiger partial charge on any atom is 0.258 e. The van der Waals surface area contributed by atoms with E-state index in [-0.39, 0.29) is 11.4 Å². The van der Waals surface area contributed by atoms with Crippen molar-refractivity contribution in [3.8, 4) is 0 Å². The Morgan fingerprint density at radius 1 is 1.29 bits per heavy atom. The summed E-state index contributed by atoms with van der Waals surface area (Å²) in [6.45, 7) is 2.07. The molecule has 4 nitrogen and oxygen atoms in total. The van der Waals surface area contributed by atoms with Crippen LogP contribution in [-0.2, 0) is 6.42 Å². The third kappa shape index (κ3) is 3.37. The molecule has 2 N–H and O–H groups in total. The molecule has 5 heteroatoms. The predicted octanol–water partition coefficient (Wildman–Crippen LogP) is 3.47. The van der Waals surface area contributed by atoms with E-state index in [2.05, 4.69) is 22.5 Å². The van der Waals surface area contributed by atoms with E-state index in [0.29, 0.717) is 5.69 Å². The Balaban J connectivity index is 2.26. The molecule has 1 amide bonds. The standard InChI is InChI=1S/C16H18FN3O/c1-3-6-11-7-4-5-8-13(11)20-16(21)12-9-10-19-15(18-2)14(12)17/h4-5,7-10H,3,6H2,1-2H3,(H,18,19)(H,20,21). The molecule has 0 atom stereocenters. The molecular weight excluding hydrogens is 269 g/mol. The summed E-state index contributed by atoms with van der Waals surface area (Å²) in [4.78, 5) is 16.1. The minimum absolute atomic E-state index is 0.0272. The molecule has 0 spiro atoms. The molecular formula is C16H18FN3O. The van der Waals surface area contributed by atoms with Crippen molar-refractivity contribution in [2.45, 2.75) is 19.8 Å². The van der Waals surface area contributed by atoms with Gasteiger partial charge in [0.2, 0.25) is 0 Å². The minimum atomic E-state index is -0.648. The first-order valence-electron chi connectivity index (χ1n) is 6.88. The lowest BCUT2D eigenvalue weighted by molar-refractivity contribution is 0.102. The van der Waals surface area contributed by atoms with Gasteiger partial charge >= 0.3 is 0 Å². The van der Waals surface area contributed by atoms with Gasteiger partial charge in [0.1, 0.15) is 0 Å². The summed E-state index contributed by atoms with van der Waals surface area (Å²) in [5.74, 6) is -1.06. The highest BCUT2D eigenvalue weighted by atomic mass is 19.1. The normalized spacial score (nSPS) is 10.2. The summed E-state index contributed by atoms with van der Waals surface area (Å²) < 4.78 is 14.1. The molecule has 0 fully saturated rings. The van der Waals surface area contributed by atoms with Crippen molar-refractivity contribution < 1.29 is 9.18 Å². The molecule has 0 aliphatic rings. The summed E-state index contributed by atoms with van der Waals surface area (Å²) in [7, 11) is 1.56. The number of hydrogen-bond acceptors (Lipinski definition) is 3. The largest absolute Gasteiger partial charge is 0.371 e. The van der Waals surface area contributed by atoms with Crippen LogP contribution in [0.2, 0.25) is 0 Å². The molecule has 21 heavy (non-hydrogen) atoms. The molecule has 1 aromatic heterocycles. The Morgan fingerprint density at radius 2 is 2.05 bits per heavy atom. The van der Waals surface area contributed by atoms with Crippen LogP contribution in [0.4, 0.5) is 15.9 Å². The summed E-state index contributed by atoms with van der Waals surface area (Å²) in [5.41, 5.74) is 1.73. The maximum absolute atomic E-state index is 14.1. The first-order chi connectivity index (χ1) is 10.2. The van der Waals surface area contributed by atoms with Gasteiger partial charge in [0.25, 0.3) is 5.91 Å². The molecule has 0 unspecified atom stereocenters. The molecule has 0 aliphatic carbocycles. The predicted molar refractivity (Wildman–Crippen MR) is 82.1 cm³/mol. The number of pyridine rings is 1. The number of amides is 1. The number of carbonyl (C=O) groups excluding carboxylic acids is 1. The van der Waals surface area contributed by atoms with E-state index in [9.17, 15) is 9.18 Å². The van der Waals surface area contributed by atoms with Gasteiger partial charge in [0.05, 0.1) is 5.56 Å². The van der Waals surface area contributed by atoms with Crippen LogP contribution in [-0.4, -0.2) is 17.9 Å². The average Bonchev–Trinajstić information content (AvgIpc) is 2.49. The van der Waals surface area contributed by atoms with Crippen LogP contribution < -0.4 is 10.6 Å². The average molecular weight is 287 g/mol. The highest BCUT2D eigenvalue weighted by Gasteiger charge is 2.16. The fourth-order valence-corrected chi connectivity index (χ4v) is 2.11. The number of halogens is 1. The fraction of sp³-hybridized carbons (Fsp3) is 0.250. The molecule has 0 aliphatic heterocycles. The van der Waals surface area contributed by atoms with Gasteiger partial charge in [-0.2, -0.15) is 0 Å². The van der Waals surface area contributed by atoms with Crippen molar-refractivity contribution in [3.63, 3.8) is 0 Å². The first-order valence-corrected chi connectivity index (χ1v) is 6.88.